The van der Waals surface area contributed by atoms with Gasteiger partial charge in [-0.25, -0.2) is 5.43 Å². The third-order valence-corrected chi connectivity index (χ3v) is 5.47. The number of carbonyl (C=O) groups is 2. The van der Waals surface area contributed by atoms with E-state index in [2.05, 4.69) is 48.7 Å². The predicted molar refractivity (Wildman–Crippen MR) is 133 cm³/mol. The van der Waals surface area contributed by atoms with Crippen LogP contribution in [-0.4, -0.2) is 24.1 Å². The highest BCUT2D eigenvalue weighted by atomic mass is 16.2. The first kappa shape index (κ1) is 23.9. The second-order valence-electron chi connectivity index (χ2n) is 9.03. The lowest BCUT2D eigenvalue weighted by Crippen LogP contribution is -2.38. The normalized spacial score (nSPS) is 11.8. The van der Waals surface area contributed by atoms with Crippen LogP contribution in [0.3, 0.4) is 0 Å². The molecule has 5 heteroatoms. The van der Waals surface area contributed by atoms with Crippen LogP contribution < -0.4 is 10.7 Å². The maximum Gasteiger partial charge on any atom is 0.259 e. The molecule has 3 aromatic carbocycles. The zero-order valence-corrected chi connectivity index (χ0v) is 19.6. The molecule has 0 saturated heterocycles. The van der Waals surface area contributed by atoms with Crippen molar-refractivity contribution in [3.05, 3.63) is 107 Å². The van der Waals surface area contributed by atoms with Gasteiger partial charge >= 0.3 is 0 Å². The second-order valence-corrected chi connectivity index (χ2v) is 9.03. The summed E-state index contributed by atoms with van der Waals surface area (Å²) in [6, 6.07) is 27.2. The van der Waals surface area contributed by atoms with Crippen molar-refractivity contribution in [1.29, 1.82) is 0 Å². The molecule has 170 valence electrons. The van der Waals surface area contributed by atoms with Gasteiger partial charge in [0.1, 0.15) is 0 Å². The molecule has 0 saturated carbocycles. The lowest BCUT2D eigenvalue weighted by atomic mass is 9.86. The van der Waals surface area contributed by atoms with Gasteiger partial charge in [-0.3, -0.25) is 9.59 Å². The molecule has 0 bridgehead atoms. The van der Waals surface area contributed by atoms with Crippen molar-refractivity contribution in [3.63, 3.8) is 0 Å². The molecule has 0 spiro atoms. The fourth-order valence-electron chi connectivity index (χ4n) is 3.52. The molecule has 3 aromatic rings. The van der Waals surface area contributed by atoms with Crippen molar-refractivity contribution in [2.75, 3.05) is 6.54 Å². The van der Waals surface area contributed by atoms with Crippen LogP contribution in [0.5, 0.6) is 0 Å². The van der Waals surface area contributed by atoms with Crippen molar-refractivity contribution in [2.24, 2.45) is 5.10 Å². The Labute approximate surface area is 195 Å². The van der Waals surface area contributed by atoms with Gasteiger partial charge in [-0.05, 0) is 34.6 Å². The molecule has 2 N–H and O–H groups in total. The molecule has 0 radical (unpaired) electrons. The van der Waals surface area contributed by atoms with Crippen molar-refractivity contribution >= 4 is 17.5 Å². The van der Waals surface area contributed by atoms with Crippen LogP contribution in [0.2, 0.25) is 0 Å². The molecule has 5 nitrogen and oxygen atoms in total. The van der Waals surface area contributed by atoms with Gasteiger partial charge in [0.2, 0.25) is 5.91 Å². The maximum absolute atomic E-state index is 13.0. The molecule has 3 rings (SSSR count). The molecule has 0 aliphatic carbocycles. The Morgan fingerprint density at radius 2 is 1.33 bits per heavy atom. The summed E-state index contributed by atoms with van der Waals surface area (Å²) >= 11 is 0. The summed E-state index contributed by atoms with van der Waals surface area (Å²) in [6.07, 6.45) is 0. The van der Waals surface area contributed by atoms with E-state index in [0.29, 0.717) is 5.71 Å². The number of carbonyl (C=O) groups excluding carboxylic acids is 2. The van der Waals surface area contributed by atoms with E-state index in [4.69, 9.17) is 0 Å². The van der Waals surface area contributed by atoms with E-state index >= 15 is 0 Å². The summed E-state index contributed by atoms with van der Waals surface area (Å²) in [4.78, 5) is 25.3. The summed E-state index contributed by atoms with van der Waals surface area (Å²) in [5.41, 5.74) is 7.21. The molecule has 2 amide bonds. The number of rotatable bonds is 7. The van der Waals surface area contributed by atoms with E-state index in [1.165, 1.54) is 5.56 Å². The van der Waals surface area contributed by atoms with Crippen LogP contribution in [0.4, 0.5) is 0 Å². The average Bonchev–Trinajstić information content (AvgIpc) is 2.82. The second kappa shape index (κ2) is 10.7. The number of amides is 2. The Morgan fingerprint density at radius 1 is 0.818 bits per heavy atom. The Hall–Kier alpha value is -3.73. The molecule has 0 fully saturated rings. The SMILES string of the molecule is C/C(=N/NC(=O)CNC(=O)C(c1ccccc1)c1ccccc1)c1ccc(C(C)(C)C)cc1. The van der Waals surface area contributed by atoms with Crippen LogP contribution in [0.1, 0.15) is 55.9 Å². The van der Waals surface area contributed by atoms with Crippen LogP contribution in [0.15, 0.2) is 90.0 Å². The fourth-order valence-corrected chi connectivity index (χ4v) is 3.52. The molecule has 0 heterocycles. The van der Waals surface area contributed by atoms with Crippen molar-refractivity contribution in [1.82, 2.24) is 10.7 Å². The fraction of sp³-hybridized carbons (Fsp3) is 0.250. The zero-order valence-electron chi connectivity index (χ0n) is 19.6. The van der Waals surface area contributed by atoms with Crippen molar-refractivity contribution < 1.29 is 9.59 Å². The molecular formula is C28H31N3O2. The predicted octanol–water partition coefficient (Wildman–Crippen LogP) is 4.77. The first-order valence-corrected chi connectivity index (χ1v) is 11.1. The van der Waals surface area contributed by atoms with E-state index in [-0.39, 0.29) is 23.8 Å². The van der Waals surface area contributed by atoms with E-state index in [1.807, 2.05) is 79.7 Å². The Morgan fingerprint density at radius 3 is 1.82 bits per heavy atom. The van der Waals surface area contributed by atoms with Gasteiger partial charge in [-0.15, -0.1) is 0 Å². The number of nitrogens with one attached hydrogen (secondary N) is 2. The summed E-state index contributed by atoms with van der Waals surface area (Å²) in [5, 5.41) is 6.94. The lowest BCUT2D eigenvalue weighted by molar-refractivity contribution is -0.126. The van der Waals surface area contributed by atoms with Crippen LogP contribution in [0.25, 0.3) is 0 Å². The Bertz CT molecular complexity index is 1060. The number of benzene rings is 3. The summed E-state index contributed by atoms with van der Waals surface area (Å²) in [5.74, 6) is -1.11. The van der Waals surface area contributed by atoms with Gasteiger partial charge < -0.3 is 5.32 Å². The average molecular weight is 442 g/mol. The molecule has 0 aliphatic heterocycles. The van der Waals surface area contributed by atoms with Gasteiger partial charge in [0, 0.05) is 0 Å². The monoisotopic (exact) mass is 441 g/mol. The maximum atomic E-state index is 13.0. The molecular weight excluding hydrogens is 410 g/mol. The first-order valence-electron chi connectivity index (χ1n) is 11.1. The summed E-state index contributed by atoms with van der Waals surface area (Å²) < 4.78 is 0. The van der Waals surface area contributed by atoms with Gasteiger partial charge in [-0.2, -0.15) is 5.10 Å². The smallest absolute Gasteiger partial charge is 0.259 e. The third-order valence-electron chi connectivity index (χ3n) is 5.47. The van der Waals surface area contributed by atoms with Crippen molar-refractivity contribution in [3.8, 4) is 0 Å². The molecule has 0 aromatic heterocycles. The highest BCUT2D eigenvalue weighted by Crippen LogP contribution is 2.25. The molecule has 0 atom stereocenters. The highest BCUT2D eigenvalue weighted by Gasteiger charge is 2.22. The summed E-state index contributed by atoms with van der Waals surface area (Å²) in [6.45, 7) is 8.17. The summed E-state index contributed by atoms with van der Waals surface area (Å²) in [7, 11) is 0. The number of hydrogen-bond donors (Lipinski definition) is 2. The van der Waals surface area contributed by atoms with E-state index in [9.17, 15) is 9.59 Å². The number of hydrogen-bond acceptors (Lipinski definition) is 3. The first-order chi connectivity index (χ1) is 15.8. The van der Waals surface area contributed by atoms with E-state index < -0.39 is 5.92 Å². The molecule has 0 aliphatic rings. The van der Waals surface area contributed by atoms with Gasteiger partial charge in [0.25, 0.3) is 5.91 Å². The zero-order chi connectivity index (χ0) is 23.8. The Balaban J connectivity index is 1.61. The minimum absolute atomic E-state index is 0.0767. The van der Waals surface area contributed by atoms with Crippen LogP contribution in [-0.2, 0) is 15.0 Å². The third kappa shape index (κ3) is 6.62. The van der Waals surface area contributed by atoms with Crippen LogP contribution in [0, 0.1) is 0 Å². The minimum atomic E-state index is -0.494. The Kier molecular flexibility index (Phi) is 7.78. The molecule has 0 unspecified atom stereocenters. The minimum Gasteiger partial charge on any atom is -0.346 e. The van der Waals surface area contributed by atoms with Gasteiger partial charge in [0.05, 0.1) is 18.2 Å². The molecule has 33 heavy (non-hydrogen) atoms. The number of hydrazone groups is 1. The topological polar surface area (TPSA) is 70.6 Å². The lowest BCUT2D eigenvalue weighted by Gasteiger charge is -2.19. The largest absolute Gasteiger partial charge is 0.346 e. The standard InChI is InChI=1S/C28H31N3O2/c1-20(21-15-17-24(18-16-21)28(2,3)4)30-31-25(32)19-29-27(33)26(22-11-7-5-8-12-22)23-13-9-6-10-14-23/h5-18,26H,19H2,1-4H3,(H,29,33)(H,31,32)/b30-20-. The van der Waals surface area contributed by atoms with Gasteiger partial charge in [-0.1, -0.05) is 106 Å². The van der Waals surface area contributed by atoms with Crippen LogP contribution >= 0.6 is 0 Å². The quantitative estimate of drug-likeness (QED) is 0.409. The van der Waals surface area contributed by atoms with Gasteiger partial charge in [0.15, 0.2) is 0 Å². The highest BCUT2D eigenvalue weighted by molar-refractivity contribution is 5.99. The van der Waals surface area contributed by atoms with E-state index in [1.54, 1.807) is 0 Å². The van der Waals surface area contributed by atoms with E-state index in [0.717, 1.165) is 16.7 Å². The number of nitrogens with zero attached hydrogens (tertiary/aromatic N) is 1. The van der Waals surface area contributed by atoms with Crippen molar-refractivity contribution in [2.45, 2.75) is 39.0 Å².